The summed E-state index contributed by atoms with van der Waals surface area (Å²) in [6.45, 7) is 0. The van der Waals surface area contributed by atoms with Gasteiger partial charge in [0.25, 0.3) is 5.89 Å². The van der Waals surface area contributed by atoms with Crippen LogP contribution in [-0.4, -0.2) is 27.3 Å². The van der Waals surface area contributed by atoms with Crippen molar-refractivity contribution in [2.45, 2.75) is 5.37 Å². The smallest absolute Gasteiger partial charge is 0.314 e. The summed E-state index contributed by atoms with van der Waals surface area (Å²) in [5, 5.41) is 12.7. The lowest BCUT2D eigenvalue weighted by atomic mass is 9.93. The van der Waals surface area contributed by atoms with Gasteiger partial charge in [-0.15, -0.1) is 11.8 Å². The number of oxazole rings is 1. The number of halogens is 3. The lowest BCUT2D eigenvalue weighted by molar-refractivity contribution is -0.139. The molecule has 1 aliphatic heterocycles. The van der Waals surface area contributed by atoms with Gasteiger partial charge in [0.05, 0.1) is 9.85 Å². The zero-order chi connectivity index (χ0) is 20.7. The van der Waals surface area contributed by atoms with E-state index in [-0.39, 0.29) is 21.5 Å². The first kappa shape index (κ1) is 19.6. The Hall–Kier alpha value is -2.72. The average Bonchev–Trinajstić information content (AvgIpc) is 3.30. The molecule has 1 aromatic heterocycles. The number of benzene rings is 2. The zero-order valence-electron chi connectivity index (χ0n) is 14.4. The van der Waals surface area contributed by atoms with Crippen molar-refractivity contribution >= 4 is 56.2 Å². The van der Waals surface area contributed by atoms with Crippen molar-refractivity contribution < 1.29 is 27.9 Å². The van der Waals surface area contributed by atoms with Gasteiger partial charge in [0, 0.05) is 5.56 Å². The average molecular weight is 481 g/mol. The molecule has 10 heteroatoms. The molecule has 2 atom stereocenters. The molecule has 1 amide bonds. The Morgan fingerprint density at radius 1 is 1.17 bits per heavy atom. The van der Waals surface area contributed by atoms with Crippen LogP contribution in [0.2, 0.25) is 0 Å². The number of carbonyl (C=O) groups is 2. The van der Waals surface area contributed by atoms with Crippen LogP contribution >= 0.6 is 27.7 Å². The van der Waals surface area contributed by atoms with Gasteiger partial charge in [0.1, 0.15) is 11.4 Å². The number of hydrogen-bond acceptors (Lipinski definition) is 5. The molecule has 0 spiro atoms. The van der Waals surface area contributed by atoms with E-state index >= 15 is 0 Å². The van der Waals surface area contributed by atoms with E-state index in [1.165, 1.54) is 17.5 Å². The number of nitrogens with one attached hydrogen (secondary N) is 1. The van der Waals surface area contributed by atoms with Crippen molar-refractivity contribution in [2.75, 3.05) is 0 Å². The molecule has 0 saturated heterocycles. The molecular formula is C19H11BrF2N2O4S. The predicted octanol–water partition coefficient (Wildman–Crippen LogP) is 4.41. The number of carboxylic acids is 1. The fraction of sp³-hybridized carbons (Fsp3) is 0.105. The Morgan fingerprint density at radius 2 is 1.93 bits per heavy atom. The van der Waals surface area contributed by atoms with Crippen molar-refractivity contribution in [3.63, 3.8) is 0 Å². The fourth-order valence-corrected chi connectivity index (χ4v) is 4.45. The summed E-state index contributed by atoms with van der Waals surface area (Å²) in [5.74, 6) is -5.78. The normalized spacial score (nSPS) is 18.7. The van der Waals surface area contributed by atoms with Crippen LogP contribution in [0.4, 0.5) is 8.78 Å². The molecule has 0 aliphatic carbocycles. The maximum absolute atomic E-state index is 14.4. The van der Waals surface area contributed by atoms with E-state index in [2.05, 4.69) is 26.2 Å². The van der Waals surface area contributed by atoms with Crippen molar-refractivity contribution in [3.8, 4) is 0 Å². The Labute approximate surface area is 175 Å². The number of fused-ring (bicyclic) bond motifs is 1. The molecule has 3 aromatic rings. The quantitative estimate of drug-likeness (QED) is 0.537. The molecule has 2 aromatic carbocycles. The molecule has 2 unspecified atom stereocenters. The minimum atomic E-state index is -1.29. The number of nitrogens with zero attached hydrogens (tertiary/aromatic N) is 1. The van der Waals surface area contributed by atoms with Gasteiger partial charge in [-0.1, -0.05) is 18.2 Å². The van der Waals surface area contributed by atoms with Crippen LogP contribution in [0.15, 0.2) is 50.7 Å². The third-order valence-corrected chi connectivity index (χ3v) is 6.04. The second-order valence-electron chi connectivity index (χ2n) is 6.13. The number of aliphatic carboxylic acids is 1. The van der Waals surface area contributed by atoms with Crippen LogP contribution in [0.1, 0.15) is 16.2 Å². The maximum atomic E-state index is 14.4. The number of thioether (sulfide) groups is 1. The molecule has 2 heterocycles. The molecule has 0 bridgehead atoms. The van der Waals surface area contributed by atoms with E-state index in [4.69, 9.17) is 4.42 Å². The summed E-state index contributed by atoms with van der Waals surface area (Å²) < 4.78 is 33.6. The summed E-state index contributed by atoms with van der Waals surface area (Å²) >= 11 is 3.87. The molecular weight excluding hydrogens is 470 g/mol. The number of amides is 1. The highest BCUT2D eigenvalue weighted by atomic mass is 79.9. The van der Waals surface area contributed by atoms with Gasteiger partial charge < -0.3 is 14.8 Å². The minimum absolute atomic E-state index is 0.0641. The number of carboxylic acid groups (broad SMARTS) is 1. The monoisotopic (exact) mass is 480 g/mol. The van der Waals surface area contributed by atoms with Gasteiger partial charge in [-0.2, -0.15) is 0 Å². The van der Waals surface area contributed by atoms with E-state index in [1.54, 1.807) is 24.3 Å². The van der Waals surface area contributed by atoms with Gasteiger partial charge in [0.2, 0.25) is 0 Å². The second kappa shape index (κ2) is 7.60. The minimum Gasteiger partial charge on any atom is -0.481 e. The lowest BCUT2D eigenvalue weighted by Gasteiger charge is -2.19. The number of carbonyl (C=O) groups excluding carboxylic acids is 1. The second-order valence-corrected chi connectivity index (χ2v) is 8.00. The van der Waals surface area contributed by atoms with E-state index in [0.717, 1.165) is 11.8 Å². The Balaban J connectivity index is 1.60. The highest BCUT2D eigenvalue weighted by Gasteiger charge is 2.40. The van der Waals surface area contributed by atoms with Gasteiger partial charge in [-0.05, 0) is 45.1 Å². The molecule has 0 fully saturated rings. The van der Waals surface area contributed by atoms with Crippen LogP contribution in [-0.2, 0) is 4.79 Å². The maximum Gasteiger partial charge on any atom is 0.314 e. The van der Waals surface area contributed by atoms with Crippen molar-refractivity contribution in [3.05, 3.63) is 69.4 Å². The summed E-state index contributed by atoms with van der Waals surface area (Å²) in [6.07, 6.45) is 0. The predicted molar refractivity (Wildman–Crippen MR) is 106 cm³/mol. The number of rotatable bonds is 4. The third kappa shape index (κ3) is 3.53. The molecule has 4 rings (SSSR count). The summed E-state index contributed by atoms with van der Waals surface area (Å²) in [6, 6.07) is 9.36. The van der Waals surface area contributed by atoms with E-state index in [1.807, 2.05) is 0 Å². The van der Waals surface area contributed by atoms with Gasteiger partial charge >= 0.3 is 11.9 Å². The summed E-state index contributed by atoms with van der Waals surface area (Å²) in [7, 11) is 0. The SMILES string of the molecule is O=C(NC1SC=C(c2ccc(Br)c(F)c2F)C1C(=O)O)c1nc2ccccc2o1. The van der Waals surface area contributed by atoms with Gasteiger partial charge in [-0.25, -0.2) is 13.8 Å². The number of hydrogen-bond donors (Lipinski definition) is 2. The first-order valence-corrected chi connectivity index (χ1v) is 9.99. The van der Waals surface area contributed by atoms with Crippen molar-refractivity contribution in [2.24, 2.45) is 5.92 Å². The number of aromatic nitrogens is 1. The molecule has 148 valence electrons. The molecule has 6 nitrogen and oxygen atoms in total. The lowest BCUT2D eigenvalue weighted by Crippen LogP contribution is -2.39. The third-order valence-electron chi connectivity index (χ3n) is 4.35. The van der Waals surface area contributed by atoms with E-state index < -0.39 is 34.8 Å². The van der Waals surface area contributed by atoms with Crippen LogP contribution in [0, 0.1) is 17.6 Å². The van der Waals surface area contributed by atoms with E-state index in [9.17, 15) is 23.5 Å². The summed E-state index contributed by atoms with van der Waals surface area (Å²) in [4.78, 5) is 28.4. The highest BCUT2D eigenvalue weighted by molar-refractivity contribution is 9.10. The van der Waals surface area contributed by atoms with Crippen LogP contribution in [0.5, 0.6) is 0 Å². The highest BCUT2D eigenvalue weighted by Crippen LogP contribution is 2.42. The van der Waals surface area contributed by atoms with E-state index in [0.29, 0.717) is 11.1 Å². The van der Waals surface area contributed by atoms with Crippen LogP contribution in [0.3, 0.4) is 0 Å². The fourth-order valence-electron chi connectivity index (χ4n) is 2.98. The Kier molecular flexibility index (Phi) is 5.13. The van der Waals surface area contributed by atoms with Crippen molar-refractivity contribution in [1.29, 1.82) is 0 Å². The molecule has 29 heavy (non-hydrogen) atoms. The molecule has 2 N–H and O–H groups in total. The Bertz CT molecular complexity index is 1150. The van der Waals surface area contributed by atoms with Crippen molar-refractivity contribution in [1.82, 2.24) is 10.3 Å². The molecule has 0 radical (unpaired) electrons. The first-order chi connectivity index (χ1) is 13.9. The topological polar surface area (TPSA) is 92.4 Å². The Morgan fingerprint density at radius 3 is 2.66 bits per heavy atom. The number of para-hydroxylation sites is 2. The molecule has 0 saturated carbocycles. The zero-order valence-corrected chi connectivity index (χ0v) is 16.8. The molecule has 1 aliphatic rings. The largest absolute Gasteiger partial charge is 0.481 e. The van der Waals surface area contributed by atoms with Gasteiger partial charge in [0.15, 0.2) is 17.2 Å². The van der Waals surface area contributed by atoms with Gasteiger partial charge in [-0.3, -0.25) is 9.59 Å². The first-order valence-electron chi connectivity index (χ1n) is 8.25. The summed E-state index contributed by atoms with van der Waals surface area (Å²) in [5.41, 5.74) is 0.786. The standard InChI is InChI=1S/C19H11BrF2N2O4S/c20-10-6-5-8(14(21)15(10)22)9-7-29-18(13(9)19(26)27)24-16(25)17-23-11-3-1-2-4-12(11)28-17/h1-7,13,18H,(H,24,25)(H,26,27). The van der Waals surface area contributed by atoms with Crippen LogP contribution in [0.25, 0.3) is 16.7 Å². The van der Waals surface area contributed by atoms with Crippen LogP contribution < -0.4 is 5.32 Å².